The van der Waals surface area contributed by atoms with E-state index in [-0.39, 0.29) is 18.5 Å². The van der Waals surface area contributed by atoms with Crippen LogP contribution in [0.5, 0.6) is 0 Å². The van der Waals surface area contributed by atoms with Gasteiger partial charge < -0.3 is 5.32 Å². The van der Waals surface area contributed by atoms with Crippen LogP contribution < -0.4 is 5.32 Å². The van der Waals surface area contributed by atoms with E-state index in [1.54, 1.807) is 18.5 Å². The molecule has 0 spiro atoms. The summed E-state index contributed by atoms with van der Waals surface area (Å²) in [6, 6.07) is 1.63. The molecule has 2 rings (SSSR count). The second kappa shape index (κ2) is 5.70. The van der Waals surface area contributed by atoms with Gasteiger partial charge in [-0.05, 0) is 18.9 Å². The van der Waals surface area contributed by atoms with Gasteiger partial charge in [0.25, 0.3) is 0 Å². The fraction of sp³-hybridized carbons (Fsp3) is 0.636. The molecule has 0 aliphatic carbocycles. The summed E-state index contributed by atoms with van der Waals surface area (Å²) in [5, 5.41) is 6.81. The van der Waals surface area contributed by atoms with Gasteiger partial charge in [0.05, 0.1) is 6.26 Å². The lowest BCUT2D eigenvalue weighted by Gasteiger charge is -2.31. The maximum absolute atomic E-state index is 11.8. The van der Waals surface area contributed by atoms with E-state index >= 15 is 0 Å². The van der Waals surface area contributed by atoms with Crippen molar-refractivity contribution in [2.24, 2.45) is 0 Å². The largest absolute Gasteiger partial charge is 0.350 e. The molecule has 2 heterocycles. The average molecular weight is 286 g/mol. The molecule has 1 unspecified atom stereocenters. The minimum Gasteiger partial charge on any atom is -0.350 e. The lowest BCUT2D eigenvalue weighted by atomic mass is 10.1. The Kier molecular flexibility index (Phi) is 4.20. The Morgan fingerprint density at radius 1 is 1.53 bits per heavy atom. The number of nitrogens with one attached hydrogen (secondary N) is 1. The Hall–Kier alpha value is -1.41. The van der Waals surface area contributed by atoms with Crippen LogP contribution >= 0.6 is 0 Å². The van der Waals surface area contributed by atoms with E-state index in [1.165, 1.54) is 15.2 Å². The third kappa shape index (κ3) is 4.03. The van der Waals surface area contributed by atoms with Crippen molar-refractivity contribution in [3.63, 3.8) is 0 Å². The van der Waals surface area contributed by atoms with E-state index < -0.39 is 10.0 Å². The number of nitrogens with zero attached hydrogens (tertiary/aromatic N) is 3. The van der Waals surface area contributed by atoms with E-state index in [4.69, 9.17) is 0 Å². The zero-order chi connectivity index (χ0) is 13.9. The van der Waals surface area contributed by atoms with E-state index in [0.29, 0.717) is 13.1 Å². The molecule has 8 heteroatoms. The van der Waals surface area contributed by atoms with Crippen molar-refractivity contribution in [1.29, 1.82) is 0 Å². The normalized spacial score (nSPS) is 21.2. The summed E-state index contributed by atoms with van der Waals surface area (Å²) in [5.74, 6) is -0.149. The van der Waals surface area contributed by atoms with E-state index in [1.807, 2.05) is 0 Å². The van der Waals surface area contributed by atoms with Crippen LogP contribution in [0.4, 0.5) is 0 Å². The molecule has 1 fully saturated rings. The predicted molar refractivity (Wildman–Crippen MR) is 69.8 cm³/mol. The van der Waals surface area contributed by atoms with Crippen molar-refractivity contribution >= 4 is 15.9 Å². The summed E-state index contributed by atoms with van der Waals surface area (Å²) < 4.78 is 25.9. The van der Waals surface area contributed by atoms with Crippen LogP contribution in [-0.4, -0.2) is 53.8 Å². The highest BCUT2D eigenvalue weighted by atomic mass is 32.2. The van der Waals surface area contributed by atoms with E-state index in [0.717, 1.165) is 12.8 Å². The van der Waals surface area contributed by atoms with Gasteiger partial charge in [0.1, 0.15) is 6.54 Å². The summed E-state index contributed by atoms with van der Waals surface area (Å²) in [7, 11) is -3.18. The number of hydrogen-bond donors (Lipinski definition) is 1. The maximum atomic E-state index is 11.8. The summed E-state index contributed by atoms with van der Waals surface area (Å²) in [6.45, 7) is 1.04. The van der Waals surface area contributed by atoms with Crippen molar-refractivity contribution < 1.29 is 13.2 Å². The van der Waals surface area contributed by atoms with Crippen molar-refractivity contribution in [1.82, 2.24) is 19.4 Å². The summed E-state index contributed by atoms with van der Waals surface area (Å²) >= 11 is 0. The van der Waals surface area contributed by atoms with Crippen molar-refractivity contribution in [2.45, 2.75) is 25.4 Å². The summed E-state index contributed by atoms with van der Waals surface area (Å²) in [4.78, 5) is 11.8. The van der Waals surface area contributed by atoms with Crippen molar-refractivity contribution in [3.8, 4) is 0 Å². The number of carbonyl (C=O) groups excluding carboxylic acids is 1. The Labute approximate surface area is 112 Å². The molecule has 1 aromatic heterocycles. The number of hydrogen-bond acceptors (Lipinski definition) is 4. The second-order valence-corrected chi connectivity index (χ2v) is 6.71. The number of aromatic nitrogens is 2. The Bertz CT molecular complexity index is 526. The first-order valence-electron chi connectivity index (χ1n) is 6.17. The molecule has 1 N–H and O–H groups in total. The quantitative estimate of drug-likeness (QED) is 0.803. The zero-order valence-corrected chi connectivity index (χ0v) is 11.6. The van der Waals surface area contributed by atoms with E-state index in [9.17, 15) is 13.2 Å². The first kappa shape index (κ1) is 14.0. The fourth-order valence-electron chi connectivity index (χ4n) is 2.18. The third-order valence-electron chi connectivity index (χ3n) is 3.08. The lowest BCUT2D eigenvalue weighted by Crippen LogP contribution is -2.49. The highest BCUT2D eigenvalue weighted by molar-refractivity contribution is 7.88. The molecular formula is C11H18N4O3S. The van der Waals surface area contributed by atoms with Gasteiger partial charge in [-0.25, -0.2) is 12.7 Å². The minimum absolute atomic E-state index is 0.119. The highest BCUT2D eigenvalue weighted by Crippen LogP contribution is 2.12. The van der Waals surface area contributed by atoms with Crippen LogP contribution in [0.15, 0.2) is 18.5 Å². The second-order valence-electron chi connectivity index (χ2n) is 4.73. The maximum Gasteiger partial charge on any atom is 0.241 e. The number of piperidine rings is 1. The van der Waals surface area contributed by atoms with Crippen LogP contribution in [-0.2, 0) is 21.4 Å². The molecule has 1 aromatic rings. The molecule has 19 heavy (non-hydrogen) atoms. The van der Waals surface area contributed by atoms with Crippen LogP contribution in [0.2, 0.25) is 0 Å². The van der Waals surface area contributed by atoms with Gasteiger partial charge in [-0.2, -0.15) is 5.10 Å². The predicted octanol–water partition coefficient (Wildman–Crippen LogP) is -0.577. The highest BCUT2D eigenvalue weighted by Gasteiger charge is 2.26. The zero-order valence-electron chi connectivity index (χ0n) is 10.8. The Morgan fingerprint density at radius 3 is 2.95 bits per heavy atom. The summed E-state index contributed by atoms with van der Waals surface area (Å²) in [6.07, 6.45) is 6.08. The average Bonchev–Trinajstić information content (AvgIpc) is 2.80. The van der Waals surface area contributed by atoms with Gasteiger partial charge in [-0.3, -0.25) is 9.48 Å². The molecule has 1 aliphatic heterocycles. The first-order chi connectivity index (χ1) is 8.95. The Morgan fingerprint density at radius 2 is 2.32 bits per heavy atom. The van der Waals surface area contributed by atoms with Gasteiger partial charge in [-0.15, -0.1) is 0 Å². The molecule has 0 aromatic carbocycles. The smallest absolute Gasteiger partial charge is 0.241 e. The van der Waals surface area contributed by atoms with Crippen LogP contribution in [0.1, 0.15) is 12.8 Å². The van der Waals surface area contributed by atoms with Crippen molar-refractivity contribution in [2.75, 3.05) is 19.3 Å². The molecule has 1 saturated heterocycles. The molecule has 0 saturated carbocycles. The van der Waals surface area contributed by atoms with Crippen LogP contribution in [0.3, 0.4) is 0 Å². The topological polar surface area (TPSA) is 84.3 Å². The first-order valence-corrected chi connectivity index (χ1v) is 8.02. The standard InChI is InChI=1S/C11H18N4O3S/c1-19(17,18)15-7-2-4-10(8-15)13-11(16)9-14-6-3-5-12-14/h3,5-6,10H,2,4,7-9H2,1H3,(H,13,16). The van der Waals surface area contributed by atoms with Gasteiger partial charge in [0.2, 0.25) is 15.9 Å². The molecule has 1 amide bonds. The van der Waals surface area contributed by atoms with Crippen LogP contribution in [0, 0.1) is 0 Å². The minimum atomic E-state index is -3.18. The summed E-state index contributed by atoms with van der Waals surface area (Å²) in [5.41, 5.74) is 0. The van der Waals surface area contributed by atoms with Crippen molar-refractivity contribution in [3.05, 3.63) is 18.5 Å². The fourth-order valence-corrected chi connectivity index (χ4v) is 3.09. The number of rotatable bonds is 4. The molecule has 7 nitrogen and oxygen atoms in total. The monoisotopic (exact) mass is 286 g/mol. The Balaban J connectivity index is 1.87. The number of carbonyl (C=O) groups is 1. The number of sulfonamides is 1. The van der Waals surface area contributed by atoms with Crippen LogP contribution in [0.25, 0.3) is 0 Å². The molecule has 0 bridgehead atoms. The lowest BCUT2D eigenvalue weighted by molar-refractivity contribution is -0.122. The molecule has 106 valence electrons. The van der Waals surface area contributed by atoms with Gasteiger partial charge in [-0.1, -0.05) is 0 Å². The number of amides is 1. The third-order valence-corrected chi connectivity index (χ3v) is 4.35. The molecule has 1 atom stereocenters. The molecule has 1 aliphatic rings. The van der Waals surface area contributed by atoms with Gasteiger partial charge >= 0.3 is 0 Å². The molecule has 0 radical (unpaired) electrons. The van der Waals surface area contributed by atoms with Gasteiger partial charge in [0.15, 0.2) is 0 Å². The van der Waals surface area contributed by atoms with E-state index in [2.05, 4.69) is 10.4 Å². The SMILES string of the molecule is CS(=O)(=O)N1CCCC(NC(=O)Cn2cccn2)C1. The molecular weight excluding hydrogens is 268 g/mol. The van der Waals surface area contributed by atoms with Gasteiger partial charge in [0, 0.05) is 31.5 Å².